The van der Waals surface area contributed by atoms with Crippen LogP contribution in [0.25, 0.3) is 0 Å². The summed E-state index contributed by atoms with van der Waals surface area (Å²) in [5, 5.41) is 3.35. The number of anilines is 1. The third kappa shape index (κ3) is 3.65. The molecule has 0 aromatic carbocycles. The molecular weight excluding hydrogens is 275 g/mol. The van der Waals surface area contributed by atoms with Gasteiger partial charge in [0.15, 0.2) is 0 Å². The van der Waals surface area contributed by atoms with Crippen LogP contribution in [0, 0.1) is 12.8 Å². The van der Waals surface area contributed by atoms with Crippen LogP contribution in [-0.2, 0) is 0 Å². The molecule has 4 heteroatoms. The largest absolute Gasteiger partial charge is 0.366 e. The van der Waals surface area contributed by atoms with Gasteiger partial charge in [0.05, 0.1) is 4.47 Å². The summed E-state index contributed by atoms with van der Waals surface area (Å²) in [4.78, 5) is 4.33. The lowest BCUT2D eigenvalue weighted by Crippen LogP contribution is -2.25. The van der Waals surface area contributed by atoms with Gasteiger partial charge in [-0.3, -0.25) is 0 Å². The predicted octanol–water partition coefficient (Wildman–Crippen LogP) is 3.83. The fourth-order valence-corrected chi connectivity index (χ4v) is 1.98. The molecule has 1 rings (SSSR count). The topological polar surface area (TPSA) is 24.9 Å². The van der Waals surface area contributed by atoms with Crippen molar-refractivity contribution in [2.24, 2.45) is 5.92 Å². The molecule has 2 atom stereocenters. The molecule has 0 amide bonds. The summed E-state index contributed by atoms with van der Waals surface area (Å²) >= 11 is 9.29. The monoisotopic (exact) mass is 290 g/mol. The highest BCUT2D eigenvalue weighted by Gasteiger charge is 2.12. The van der Waals surface area contributed by atoms with E-state index in [-0.39, 0.29) is 0 Å². The molecule has 0 saturated carbocycles. The molecule has 0 radical (unpaired) electrons. The quantitative estimate of drug-likeness (QED) is 0.853. The fraction of sp³-hybridized carbons (Fsp3) is 0.545. The molecule has 0 spiro atoms. The number of halogens is 2. The maximum Gasteiger partial charge on any atom is 0.140 e. The summed E-state index contributed by atoms with van der Waals surface area (Å²) in [6, 6.07) is 2.36. The molecule has 1 aromatic heterocycles. The average molecular weight is 292 g/mol. The number of hydrogen-bond donors (Lipinski definition) is 1. The summed E-state index contributed by atoms with van der Waals surface area (Å²) < 4.78 is 0.996. The van der Waals surface area contributed by atoms with Crippen molar-refractivity contribution in [2.75, 3.05) is 11.2 Å². The van der Waals surface area contributed by atoms with Crippen molar-refractivity contribution in [3.8, 4) is 0 Å². The first-order valence-corrected chi connectivity index (χ1v) is 6.32. The smallest absolute Gasteiger partial charge is 0.140 e. The predicted molar refractivity (Wildman–Crippen MR) is 69.6 cm³/mol. The van der Waals surface area contributed by atoms with Gasteiger partial charge in [-0.1, -0.05) is 6.92 Å². The lowest BCUT2D eigenvalue weighted by atomic mass is 10.1. The maximum atomic E-state index is 5.81. The summed E-state index contributed by atoms with van der Waals surface area (Å²) in [5.41, 5.74) is 1.14. The molecule has 0 aliphatic rings. The Balaban J connectivity index is 2.72. The van der Waals surface area contributed by atoms with E-state index in [2.05, 4.69) is 40.1 Å². The first-order valence-electron chi connectivity index (χ1n) is 4.99. The average Bonchev–Trinajstić information content (AvgIpc) is 2.20. The number of rotatable bonds is 4. The Morgan fingerprint density at radius 3 is 2.73 bits per heavy atom. The Morgan fingerprint density at radius 2 is 2.20 bits per heavy atom. The van der Waals surface area contributed by atoms with Gasteiger partial charge in [-0.15, -0.1) is 11.6 Å². The standard InChI is InChI=1S/C11H16BrClN2/c1-7-4-10(12)11(14-6-7)15-9(3)8(2)5-13/h4,6,8-9H,5H2,1-3H3,(H,14,15). The zero-order chi connectivity index (χ0) is 11.4. The fourth-order valence-electron chi connectivity index (χ4n) is 1.13. The van der Waals surface area contributed by atoms with Crippen molar-refractivity contribution in [3.63, 3.8) is 0 Å². The number of nitrogens with zero attached hydrogens (tertiary/aromatic N) is 1. The van der Waals surface area contributed by atoms with Gasteiger partial charge in [0, 0.05) is 18.1 Å². The molecular formula is C11H16BrClN2. The second-order valence-corrected chi connectivity index (χ2v) is 5.07. The Bertz CT molecular complexity index is 330. The van der Waals surface area contributed by atoms with Crippen molar-refractivity contribution in [3.05, 3.63) is 22.3 Å². The normalized spacial score (nSPS) is 14.7. The van der Waals surface area contributed by atoms with Gasteiger partial charge in [-0.2, -0.15) is 0 Å². The van der Waals surface area contributed by atoms with E-state index in [4.69, 9.17) is 11.6 Å². The molecule has 15 heavy (non-hydrogen) atoms. The van der Waals surface area contributed by atoms with Gasteiger partial charge in [-0.25, -0.2) is 4.98 Å². The van der Waals surface area contributed by atoms with E-state index >= 15 is 0 Å². The third-order valence-electron chi connectivity index (χ3n) is 2.44. The molecule has 0 bridgehead atoms. The van der Waals surface area contributed by atoms with Crippen LogP contribution in [-0.4, -0.2) is 16.9 Å². The number of aromatic nitrogens is 1. The maximum absolute atomic E-state index is 5.81. The molecule has 2 unspecified atom stereocenters. The first kappa shape index (κ1) is 12.8. The SMILES string of the molecule is Cc1cnc(NC(C)C(C)CCl)c(Br)c1. The lowest BCUT2D eigenvalue weighted by Gasteiger charge is -2.20. The van der Waals surface area contributed by atoms with Crippen molar-refractivity contribution >= 4 is 33.3 Å². The minimum atomic E-state index is 0.314. The Kier molecular flexibility index (Phi) is 4.87. The molecule has 0 saturated heterocycles. The number of nitrogens with one attached hydrogen (secondary N) is 1. The second kappa shape index (κ2) is 5.71. The molecule has 0 aliphatic heterocycles. The van der Waals surface area contributed by atoms with Crippen LogP contribution in [0.2, 0.25) is 0 Å². The highest BCUT2D eigenvalue weighted by Crippen LogP contribution is 2.22. The van der Waals surface area contributed by atoms with Crippen LogP contribution >= 0.6 is 27.5 Å². The molecule has 0 fully saturated rings. The number of pyridine rings is 1. The summed E-state index contributed by atoms with van der Waals surface area (Å²) in [7, 11) is 0. The summed E-state index contributed by atoms with van der Waals surface area (Å²) in [6.45, 7) is 6.25. The van der Waals surface area contributed by atoms with E-state index in [1.54, 1.807) is 0 Å². The highest BCUT2D eigenvalue weighted by atomic mass is 79.9. The van der Waals surface area contributed by atoms with Crippen LogP contribution in [0.3, 0.4) is 0 Å². The summed E-state index contributed by atoms with van der Waals surface area (Å²) in [5.74, 6) is 1.95. The number of alkyl halides is 1. The minimum absolute atomic E-state index is 0.314. The molecule has 1 N–H and O–H groups in total. The van der Waals surface area contributed by atoms with E-state index in [9.17, 15) is 0 Å². The van der Waals surface area contributed by atoms with Crippen LogP contribution in [0.5, 0.6) is 0 Å². The summed E-state index contributed by atoms with van der Waals surface area (Å²) in [6.07, 6.45) is 1.85. The van der Waals surface area contributed by atoms with Crippen molar-refractivity contribution in [1.82, 2.24) is 4.98 Å². The first-order chi connectivity index (χ1) is 7.04. The van der Waals surface area contributed by atoms with Gasteiger partial charge < -0.3 is 5.32 Å². The zero-order valence-corrected chi connectivity index (χ0v) is 11.6. The van der Waals surface area contributed by atoms with Crippen LogP contribution < -0.4 is 5.32 Å². The van der Waals surface area contributed by atoms with Crippen LogP contribution in [0.4, 0.5) is 5.82 Å². The minimum Gasteiger partial charge on any atom is -0.366 e. The van der Waals surface area contributed by atoms with Crippen molar-refractivity contribution in [2.45, 2.75) is 26.8 Å². The van der Waals surface area contributed by atoms with E-state index in [0.717, 1.165) is 15.9 Å². The number of aryl methyl sites for hydroxylation is 1. The second-order valence-electron chi connectivity index (χ2n) is 3.91. The highest BCUT2D eigenvalue weighted by molar-refractivity contribution is 9.10. The third-order valence-corrected chi connectivity index (χ3v) is 3.53. The van der Waals surface area contributed by atoms with Crippen LogP contribution in [0.1, 0.15) is 19.4 Å². The molecule has 0 aliphatic carbocycles. The van der Waals surface area contributed by atoms with E-state index in [1.165, 1.54) is 0 Å². The zero-order valence-electron chi connectivity index (χ0n) is 9.22. The Morgan fingerprint density at radius 1 is 1.53 bits per heavy atom. The number of hydrogen-bond acceptors (Lipinski definition) is 2. The Hall–Kier alpha value is -0.280. The van der Waals surface area contributed by atoms with Gasteiger partial charge in [0.2, 0.25) is 0 Å². The lowest BCUT2D eigenvalue weighted by molar-refractivity contribution is 0.564. The van der Waals surface area contributed by atoms with Crippen LogP contribution in [0.15, 0.2) is 16.7 Å². The van der Waals surface area contributed by atoms with Gasteiger partial charge in [0.25, 0.3) is 0 Å². The van der Waals surface area contributed by atoms with Crippen molar-refractivity contribution in [1.29, 1.82) is 0 Å². The van der Waals surface area contributed by atoms with Gasteiger partial charge in [-0.05, 0) is 47.3 Å². The Labute approximate surface area is 105 Å². The molecule has 2 nitrogen and oxygen atoms in total. The van der Waals surface area contributed by atoms with E-state index in [0.29, 0.717) is 17.8 Å². The molecule has 1 aromatic rings. The van der Waals surface area contributed by atoms with Crippen molar-refractivity contribution < 1.29 is 0 Å². The van der Waals surface area contributed by atoms with E-state index < -0.39 is 0 Å². The van der Waals surface area contributed by atoms with Gasteiger partial charge >= 0.3 is 0 Å². The van der Waals surface area contributed by atoms with Gasteiger partial charge in [0.1, 0.15) is 5.82 Å². The molecule has 84 valence electrons. The molecule has 1 heterocycles. The van der Waals surface area contributed by atoms with E-state index in [1.807, 2.05) is 19.2 Å².